The molecule has 0 bridgehead atoms. The van der Waals surface area contributed by atoms with E-state index < -0.39 is 16.0 Å². The van der Waals surface area contributed by atoms with E-state index >= 15 is 0 Å². The van der Waals surface area contributed by atoms with Gasteiger partial charge in [-0.3, -0.25) is 4.72 Å². The maximum absolute atomic E-state index is 12.3. The van der Waals surface area contributed by atoms with Crippen molar-refractivity contribution in [3.8, 4) is 5.75 Å². The molecule has 2 aromatic rings. The number of ether oxygens (including phenoxy) is 1. The van der Waals surface area contributed by atoms with E-state index in [1.807, 2.05) is 0 Å². The van der Waals surface area contributed by atoms with E-state index in [0.717, 1.165) is 0 Å². The van der Waals surface area contributed by atoms with Gasteiger partial charge in [-0.15, -0.1) is 0 Å². The van der Waals surface area contributed by atoms with Crippen LogP contribution < -0.4 is 9.46 Å². The highest BCUT2D eigenvalue weighted by atomic mass is 32.2. The minimum atomic E-state index is -3.90. The number of hydrogen-bond donors (Lipinski definition) is 2. The zero-order chi connectivity index (χ0) is 15.5. The third kappa shape index (κ3) is 3.32. The molecule has 0 saturated heterocycles. The Morgan fingerprint density at radius 2 is 1.86 bits per heavy atom. The Bertz CT molecular complexity index is 770. The molecule has 0 spiro atoms. The monoisotopic (exact) mass is 307 g/mol. The van der Waals surface area contributed by atoms with Gasteiger partial charge < -0.3 is 9.84 Å². The maximum Gasteiger partial charge on any atom is 0.337 e. The number of nitrogens with one attached hydrogen (secondary N) is 1. The Hall–Kier alpha value is -2.54. The second-order valence-electron chi connectivity index (χ2n) is 4.14. The minimum Gasteiger partial charge on any atom is -0.497 e. The molecule has 2 N–H and O–H groups in total. The van der Waals surface area contributed by atoms with Crippen molar-refractivity contribution in [1.29, 1.82) is 0 Å². The lowest BCUT2D eigenvalue weighted by atomic mass is 10.2. The molecule has 0 heterocycles. The highest BCUT2D eigenvalue weighted by Gasteiger charge is 2.18. The number of aromatic carboxylic acids is 1. The first-order valence-corrected chi connectivity index (χ1v) is 7.41. The smallest absolute Gasteiger partial charge is 0.337 e. The molecular formula is C14H13NO5S. The summed E-state index contributed by atoms with van der Waals surface area (Å²) in [6.45, 7) is 0. The van der Waals surface area contributed by atoms with Gasteiger partial charge >= 0.3 is 5.97 Å². The van der Waals surface area contributed by atoms with E-state index in [2.05, 4.69) is 4.72 Å². The van der Waals surface area contributed by atoms with Crippen molar-refractivity contribution in [2.75, 3.05) is 11.8 Å². The van der Waals surface area contributed by atoms with Crippen LogP contribution in [-0.4, -0.2) is 26.6 Å². The highest BCUT2D eigenvalue weighted by molar-refractivity contribution is 7.92. The first-order valence-electron chi connectivity index (χ1n) is 5.93. The summed E-state index contributed by atoms with van der Waals surface area (Å²) in [4.78, 5) is 11.1. The fraction of sp³-hybridized carbons (Fsp3) is 0.0714. The summed E-state index contributed by atoms with van der Waals surface area (Å²) in [5.74, 6) is -0.816. The van der Waals surface area contributed by atoms with E-state index in [9.17, 15) is 13.2 Å². The molecule has 0 aliphatic carbocycles. The molecule has 0 aliphatic rings. The van der Waals surface area contributed by atoms with Gasteiger partial charge in [-0.2, -0.15) is 0 Å². The summed E-state index contributed by atoms with van der Waals surface area (Å²) in [6.07, 6.45) is 0. The topological polar surface area (TPSA) is 92.7 Å². The van der Waals surface area contributed by atoms with E-state index in [0.29, 0.717) is 5.75 Å². The number of benzene rings is 2. The van der Waals surface area contributed by atoms with Crippen molar-refractivity contribution >= 4 is 21.7 Å². The molecule has 21 heavy (non-hydrogen) atoms. The van der Waals surface area contributed by atoms with Crippen LogP contribution in [0.1, 0.15) is 10.4 Å². The van der Waals surface area contributed by atoms with Crippen LogP contribution in [0.25, 0.3) is 0 Å². The van der Waals surface area contributed by atoms with Crippen molar-refractivity contribution in [2.45, 2.75) is 4.90 Å². The minimum absolute atomic E-state index is 0.00724. The molecule has 0 atom stereocenters. The third-order valence-corrected chi connectivity index (χ3v) is 4.12. The lowest BCUT2D eigenvalue weighted by molar-refractivity contribution is 0.0698. The van der Waals surface area contributed by atoms with Crippen molar-refractivity contribution in [3.05, 3.63) is 54.1 Å². The van der Waals surface area contributed by atoms with Gasteiger partial charge in [0.25, 0.3) is 10.0 Å². The Morgan fingerprint density at radius 1 is 1.14 bits per heavy atom. The van der Waals surface area contributed by atoms with E-state index in [4.69, 9.17) is 9.84 Å². The van der Waals surface area contributed by atoms with Crippen LogP contribution in [0.2, 0.25) is 0 Å². The van der Waals surface area contributed by atoms with Gasteiger partial charge in [0, 0.05) is 6.07 Å². The molecule has 0 saturated carbocycles. The van der Waals surface area contributed by atoms with Crippen LogP contribution in [0.4, 0.5) is 5.69 Å². The number of para-hydroxylation sites is 1. The van der Waals surface area contributed by atoms with Gasteiger partial charge in [0.2, 0.25) is 0 Å². The zero-order valence-electron chi connectivity index (χ0n) is 11.1. The van der Waals surface area contributed by atoms with Gasteiger partial charge in [-0.05, 0) is 24.3 Å². The van der Waals surface area contributed by atoms with Gasteiger partial charge in [-0.25, -0.2) is 13.2 Å². The Kier molecular flexibility index (Phi) is 4.13. The number of anilines is 1. The molecule has 6 nitrogen and oxygen atoms in total. The second kappa shape index (κ2) is 5.84. The predicted molar refractivity (Wildman–Crippen MR) is 77.2 cm³/mol. The zero-order valence-corrected chi connectivity index (χ0v) is 11.9. The van der Waals surface area contributed by atoms with E-state index in [1.165, 1.54) is 43.5 Å². The molecule has 2 aromatic carbocycles. The predicted octanol–water partition coefficient (Wildman–Crippen LogP) is 2.19. The van der Waals surface area contributed by atoms with Crippen LogP contribution in [0, 0.1) is 0 Å². The summed E-state index contributed by atoms with van der Waals surface area (Å²) in [5.41, 5.74) is -0.114. The van der Waals surface area contributed by atoms with Crippen LogP contribution >= 0.6 is 0 Å². The summed E-state index contributed by atoms with van der Waals surface area (Å²) in [6, 6.07) is 11.7. The largest absolute Gasteiger partial charge is 0.497 e. The Labute approximate surface area is 122 Å². The summed E-state index contributed by atoms with van der Waals surface area (Å²) in [5, 5.41) is 9.06. The molecule has 0 amide bonds. The fourth-order valence-electron chi connectivity index (χ4n) is 1.73. The number of methoxy groups -OCH3 is 1. The molecule has 0 aliphatic heterocycles. The first kappa shape index (κ1) is 14.9. The van der Waals surface area contributed by atoms with Gasteiger partial charge in [0.05, 0.1) is 23.3 Å². The lowest BCUT2D eigenvalue weighted by Gasteiger charge is -2.11. The average Bonchev–Trinajstić information content (AvgIpc) is 2.47. The Morgan fingerprint density at radius 3 is 2.52 bits per heavy atom. The van der Waals surface area contributed by atoms with Crippen LogP contribution in [-0.2, 0) is 10.0 Å². The van der Waals surface area contributed by atoms with Gasteiger partial charge in [-0.1, -0.05) is 18.2 Å². The van der Waals surface area contributed by atoms with Crippen molar-refractivity contribution in [3.63, 3.8) is 0 Å². The summed E-state index contributed by atoms with van der Waals surface area (Å²) in [7, 11) is -2.47. The quantitative estimate of drug-likeness (QED) is 0.883. The molecule has 7 heteroatoms. The van der Waals surface area contributed by atoms with Gasteiger partial charge in [0.1, 0.15) is 5.75 Å². The summed E-state index contributed by atoms with van der Waals surface area (Å²) >= 11 is 0. The molecular weight excluding hydrogens is 294 g/mol. The maximum atomic E-state index is 12.3. The molecule has 2 rings (SSSR count). The van der Waals surface area contributed by atoms with E-state index in [1.54, 1.807) is 12.1 Å². The molecule has 0 radical (unpaired) electrons. The number of hydrogen-bond acceptors (Lipinski definition) is 4. The third-order valence-electron chi connectivity index (χ3n) is 2.75. The average molecular weight is 307 g/mol. The number of carboxylic acids is 1. The van der Waals surface area contributed by atoms with E-state index in [-0.39, 0.29) is 16.1 Å². The number of carboxylic acid groups (broad SMARTS) is 1. The van der Waals surface area contributed by atoms with Crippen molar-refractivity contribution < 1.29 is 23.1 Å². The first-order chi connectivity index (χ1) is 9.94. The summed E-state index contributed by atoms with van der Waals surface area (Å²) < 4.78 is 31.8. The number of sulfonamides is 1. The van der Waals surface area contributed by atoms with Crippen LogP contribution in [0.15, 0.2) is 53.4 Å². The van der Waals surface area contributed by atoms with Crippen molar-refractivity contribution in [2.24, 2.45) is 0 Å². The second-order valence-corrected chi connectivity index (χ2v) is 5.82. The van der Waals surface area contributed by atoms with Gasteiger partial charge in [0.15, 0.2) is 0 Å². The molecule has 110 valence electrons. The highest BCUT2D eigenvalue weighted by Crippen LogP contribution is 2.22. The number of carbonyl (C=O) groups is 1. The molecule has 0 unspecified atom stereocenters. The molecule has 0 fully saturated rings. The standard InChI is InChI=1S/C14H13NO5S/c1-20-10-5-4-6-11(9-10)21(18,19)15-13-8-3-2-7-12(13)14(16)17/h2-9,15H,1H3,(H,16,17). The van der Waals surface area contributed by atoms with Crippen LogP contribution in [0.3, 0.4) is 0 Å². The van der Waals surface area contributed by atoms with Crippen LogP contribution in [0.5, 0.6) is 5.75 Å². The normalized spacial score (nSPS) is 10.9. The molecule has 0 aromatic heterocycles. The SMILES string of the molecule is COc1cccc(S(=O)(=O)Nc2ccccc2C(=O)O)c1. The van der Waals surface area contributed by atoms with Crippen molar-refractivity contribution in [1.82, 2.24) is 0 Å². The number of rotatable bonds is 5. The fourth-order valence-corrected chi connectivity index (χ4v) is 2.85. The Balaban J connectivity index is 2.40. The lowest BCUT2D eigenvalue weighted by Crippen LogP contribution is -2.15.